The maximum absolute atomic E-state index is 13.2. The van der Waals surface area contributed by atoms with Crippen LogP contribution in [0.2, 0.25) is 0 Å². The Morgan fingerprint density at radius 2 is 0.938 bits per heavy atom. The lowest BCUT2D eigenvalue weighted by Gasteiger charge is -2.23. The number of hydrogen-bond acceptors (Lipinski definition) is 5. The van der Waals surface area contributed by atoms with Crippen LogP contribution in [0, 0.1) is 0 Å². The van der Waals surface area contributed by atoms with Crippen LogP contribution in [-0.4, -0.2) is 46.9 Å². The molecule has 0 saturated carbocycles. The van der Waals surface area contributed by atoms with Gasteiger partial charge in [0.05, 0.1) is 25.2 Å². The zero-order chi connectivity index (χ0) is 46.7. The molecule has 0 radical (unpaired) electrons. The molecule has 3 N–H and O–H groups in total. The SMILES string of the molecule is CC/C=C/C=C/C=C/C=C\CCCCCCCC(=O)OC(/C=C/C/C=C/C/C=C/C/C=C/C/C=C/CC)CC(=O)NC(CO)C(O)CCCCCCCCCCCCCCCCCC. The van der Waals surface area contributed by atoms with E-state index in [0.717, 1.165) is 89.9 Å². The number of carbonyl (C=O) groups excluding carboxylic acids is 2. The summed E-state index contributed by atoms with van der Waals surface area (Å²) in [6, 6.07) is -0.754. The van der Waals surface area contributed by atoms with Gasteiger partial charge in [0, 0.05) is 6.42 Å². The molecule has 0 heterocycles. The van der Waals surface area contributed by atoms with Crippen LogP contribution >= 0.6 is 0 Å². The third-order valence-electron chi connectivity index (χ3n) is 11.2. The van der Waals surface area contributed by atoms with Crippen LogP contribution < -0.4 is 5.32 Å². The summed E-state index contributed by atoms with van der Waals surface area (Å²) < 4.78 is 5.81. The molecule has 0 aliphatic rings. The van der Waals surface area contributed by atoms with Crippen LogP contribution in [0.15, 0.2) is 109 Å². The average molecular weight is 888 g/mol. The van der Waals surface area contributed by atoms with Gasteiger partial charge in [-0.05, 0) is 70.3 Å². The molecule has 0 aromatic carbocycles. The van der Waals surface area contributed by atoms with Gasteiger partial charge in [-0.2, -0.15) is 0 Å². The van der Waals surface area contributed by atoms with Gasteiger partial charge in [-0.3, -0.25) is 9.59 Å². The van der Waals surface area contributed by atoms with Crippen molar-refractivity contribution in [3.8, 4) is 0 Å². The predicted octanol–water partition coefficient (Wildman–Crippen LogP) is 15.9. The molecule has 6 heteroatoms. The van der Waals surface area contributed by atoms with Gasteiger partial charge < -0.3 is 20.3 Å². The van der Waals surface area contributed by atoms with Gasteiger partial charge in [-0.15, -0.1) is 0 Å². The Labute approximate surface area is 394 Å². The molecule has 0 rings (SSSR count). The summed E-state index contributed by atoms with van der Waals surface area (Å²) in [5, 5.41) is 23.7. The standard InChI is InChI=1S/C58H97NO5/c1-4-7-10-13-16-19-22-25-28-30-32-35-38-41-44-47-50-56(61)55(53-60)59-57(62)52-54(49-46-43-40-37-34-31-27-24-21-18-15-12-9-6-3)64-58(63)51-48-45-42-39-36-33-29-26-23-20-17-14-11-8-5-2/h8-9,11-12,14,17-18,20-21,23,26-27,29,31,37,40,46,49,54-56,60-61H,4-7,10,13,15-16,19,22,24-25,28,30,32-36,38-39,41-45,47-48,50-53H2,1-3H3,(H,59,62)/b11-8+,12-9+,17-14+,21-18+,23-20+,29-26-,31-27+,40-37+,49-46+. The molecule has 0 aromatic heterocycles. The van der Waals surface area contributed by atoms with E-state index in [1.807, 2.05) is 24.3 Å². The zero-order valence-electron chi connectivity index (χ0n) is 41.4. The van der Waals surface area contributed by atoms with Crippen molar-refractivity contribution in [2.24, 2.45) is 0 Å². The number of ether oxygens (including phenoxy) is 1. The number of nitrogens with one attached hydrogen (secondary N) is 1. The summed E-state index contributed by atoms with van der Waals surface area (Å²) in [5.74, 6) is -0.663. The molecule has 364 valence electrons. The normalized spacial score (nSPS) is 14.1. The molecule has 0 aliphatic heterocycles. The number of rotatable bonds is 45. The van der Waals surface area contributed by atoms with Crippen molar-refractivity contribution < 1.29 is 24.5 Å². The van der Waals surface area contributed by atoms with E-state index in [1.165, 1.54) is 83.5 Å². The molecular formula is C58H97NO5. The van der Waals surface area contributed by atoms with Crippen LogP contribution in [0.3, 0.4) is 0 Å². The summed E-state index contributed by atoms with van der Waals surface area (Å²) in [6.45, 7) is 6.19. The van der Waals surface area contributed by atoms with E-state index in [4.69, 9.17) is 4.74 Å². The minimum atomic E-state index is -0.830. The Morgan fingerprint density at radius 3 is 1.45 bits per heavy atom. The van der Waals surface area contributed by atoms with E-state index < -0.39 is 18.2 Å². The summed E-state index contributed by atoms with van der Waals surface area (Å²) in [4.78, 5) is 26.1. The fourth-order valence-electron chi connectivity index (χ4n) is 7.28. The number of allylic oxidation sites excluding steroid dienone is 17. The summed E-state index contributed by atoms with van der Waals surface area (Å²) >= 11 is 0. The first-order valence-corrected chi connectivity index (χ1v) is 26.2. The Hall–Kier alpha value is -3.48. The summed E-state index contributed by atoms with van der Waals surface area (Å²) in [7, 11) is 0. The predicted molar refractivity (Wildman–Crippen MR) is 277 cm³/mol. The molecule has 3 atom stereocenters. The molecule has 64 heavy (non-hydrogen) atoms. The van der Waals surface area contributed by atoms with Crippen molar-refractivity contribution >= 4 is 11.9 Å². The van der Waals surface area contributed by atoms with E-state index in [2.05, 4.69) is 105 Å². The Bertz CT molecular complexity index is 1320. The lowest BCUT2D eigenvalue weighted by molar-refractivity contribution is -0.148. The van der Waals surface area contributed by atoms with Gasteiger partial charge in [-0.25, -0.2) is 0 Å². The van der Waals surface area contributed by atoms with Crippen molar-refractivity contribution in [3.05, 3.63) is 109 Å². The monoisotopic (exact) mass is 888 g/mol. The molecule has 0 spiro atoms. The van der Waals surface area contributed by atoms with Gasteiger partial charge in [-0.1, -0.05) is 246 Å². The van der Waals surface area contributed by atoms with Crippen molar-refractivity contribution in [1.29, 1.82) is 0 Å². The fourth-order valence-corrected chi connectivity index (χ4v) is 7.28. The molecule has 0 saturated heterocycles. The van der Waals surface area contributed by atoms with Crippen LogP contribution in [0.4, 0.5) is 0 Å². The van der Waals surface area contributed by atoms with Gasteiger partial charge in [0.25, 0.3) is 0 Å². The molecule has 1 amide bonds. The molecule has 0 aromatic rings. The second-order valence-electron chi connectivity index (χ2n) is 17.3. The highest BCUT2D eigenvalue weighted by molar-refractivity contribution is 5.78. The van der Waals surface area contributed by atoms with Crippen LogP contribution in [-0.2, 0) is 14.3 Å². The maximum Gasteiger partial charge on any atom is 0.306 e. The highest BCUT2D eigenvalue weighted by atomic mass is 16.5. The average Bonchev–Trinajstić information content (AvgIpc) is 3.29. The number of unbranched alkanes of at least 4 members (excludes halogenated alkanes) is 20. The van der Waals surface area contributed by atoms with E-state index in [0.29, 0.717) is 19.3 Å². The topological polar surface area (TPSA) is 95.9 Å². The van der Waals surface area contributed by atoms with Gasteiger partial charge in [0.1, 0.15) is 6.10 Å². The first-order chi connectivity index (χ1) is 31.5. The Morgan fingerprint density at radius 1 is 0.500 bits per heavy atom. The fraction of sp³-hybridized carbons (Fsp3) is 0.655. The van der Waals surface area contributed by atoms with Crippen LogP contribution in [0.1, 0.15) is 220 Å². The molecule has 0 bridgehead atoms. The molecule has 0 aliphatic carbocycles. The number of amides is 1. The number of esters is 1. The minimum Gasteiger partial charge on any atom is -0.458 e. The quantitative estimate of drug-likeness (QED) is 0.0245. The van der Waals surface area contributed by atoms with Crippen molar-refractivity contribution in [3.63, 3.8) is 0 Å². The van der Waals surface area contributed by atoms with Gasteiger partial charge in [0.15, 0.2) is 0 Å². The van der Waals surface area contributed by atoms with E-state index in [9.17, 15) is 19.8 Å². The van der Waals surface area contributed by atoms with Gasteiger partial charge >= 0.3 is 5.97 Å². The van der Waals surface area contributed by atoms with Gasteiger partial charge in [0.2, 0.25) is 5.91 Å². The largest absolute Gasteiger partial charge is 0.458 e. The number of hydrogen-bond donors (Lipinski definition) is 3. The number of carbonyl (C=O) groups is 2. The highest BCUT2D eigenvalue weighted by Crippen LogP contribution is 2.16. The minimum absolute atomic E-state index is 0.0619. The maximum atomic E-state index is 13.2. The second kappa shape index (κ2) is 50.5. The second-order valence-corrected chi connectivity index (χ2v) is 17.3. The summed E-state index contributed by atoms with van der Waals surface area (Å²) in [6.07, 6.45) is 68.9. The van der Waals surface area contributed by atoms with Crippen molar-refractivity contribution in [1.82, 2.24) is 5.32 Å². The van der Waals surface area contributed by atoms with E-state index >= 15 is 0 Å². The van der Waals surface area contributed by atoms with Crippen molar-refractivity contribution in [2.75, 3.05) is 6.61 Å². The third kappa shape index (κ3) is 45.1. The Kier molecular flexibility index (Phi) is 47.8. The molecule has 0 fully saturated rings. The summed E-state index contributed by atoms with van der Waals surface area (Å²) in [5.41, 5.74) is 0. The molecule has 6 nitrogen and oxygen atoms in total. The highest BCUT2D eigenvalue weighted by Gasteiger charge is 2.23. The molecule has 3 unspecified atom stereocenters. The Balaban J connectivity index is 4.74. The zero-order valence-corrected chi connectivity index (χ0v) is 41.4. The van der Waals surface area contributed by atoms with Crippen molar-refractivity contribution in [2.45, 2.75) is 238 Å². The number of aliphatic hydroxyl groups is 2. The third-order valence-corrected chi connectivity index (χ3v) is 11.2. The first kappa shape index (κ1) is 60.5. The van der Waals surface area contributed by atoms with Crippen LogP contribution in [0.25, 0.3) is 0 Å². The van der Waals surface area contributed by atoms with E-state index in [1.54, 1.807) is 6.08 Å². The smallest absolute Gasteiger partial charge is 0.306 e. The van der Waals surface area contributed by atoms with E-state index in [-0.39, 0.29) is 24.9 Å². The molecular weight excluding hydrogens is 791 g/mol. The van der Waals surface area contributed by atoms with Crippen LogP contribution in [0.5, 0.6) is 0 Å². The first-order valence-electron chi connectivity index (χ1n) is 26.2. The number of aliphatic hydroxyl groups excluding tert-OH is 2. The lowest BCUT2D eigenvalue weighted by Crippen LogP contribution is -2.46. The lowest BCUT2D eigenvalue weighted by atomic mass is 10.0.